The van der Waals surface area contributed by atoms with Gasteiger partial charge in [-0.3, -0.25) is 0 Å². The molecule has 1 radical (unpaired) electrons. The Morgan fingerprint density at radius 1 is 1.12 bits per heavy atom. The molecule has 0 aliphatic rings. The molecule has 0 unspecified atom stereocenters. The van der Waals surface area contributed by atoms with Gasteiger partial charge in [0, 0.05) is 0 Å². The molecule has 0 aromatic carbocycles. The summed E-state index contributed by atoms with van der Waals surface area (Å²) in [6.07, 6.45) is 1.06. The Hall–Kier alpha value is 0.279. The molecule has 0 saturated heterocycles. The quantitative estimate of drug-likeness (QED) is 0.299. The first-order valence-electron chi connectivity index (χ1n) is 4.64. The number of carbonyl (C=O) groups is 2. The number of nitrogens with two attached hydrogens (primary N) is 2. The summed E-state index contributed by atoms with van der Waals surface area (Å²) >= 11 is 2.36. The van der Waals surface area contributed by atoms with Crippen LogP contribution < -0.4 is 11.5 Å². The number of hydrogen-bond donors (Lipinski definition) is 3. The van der Waals surface area contributed by atoms with E-state index in [1.54, 1.807) is 21.6 Å². The van der Waals surface area contributed by atoms with E-state index in [4.69, 9.17) is 16.6 Å². The molecule has 0 saturated carbocycles. The second-order valence-electron chi connectivity index (χ2n) is 3.09. The maximum atomic E-state index is 10.7. The molecule has 2 atom stereocenters. The molecule has 0 aliphatic heterocycles. The molecular weight excluding hydrogens is 315 g/mol. The van der Waals surface area contributed by atoms with E-state index in [9.17, 15) is 9.59 Å². The van der Waals surface area contributed by atoms with Crippen LogP contribution in [0.4, 0.5) is 0 Å². The van der Waals surface area contributed by atoms with Crippen molar-refractivity contribution in [1.29, 1.82) is 0 Å². The third-order valence-electron chi connectivity index (χ3n) is 1.73. The molecule has 0 aliphatic carbocycles. The minimum atomic E-state index is -0.972. The van der Waals surface area contributed by atoms with Crippen LogP contribution >= 0.6 is 21.6 Å². The molecule has 0 fully saturated rings. The first-order chi connectivity index (χ1) is 7.45. The van der Waals surface area contributed by atoms with E-state index in [-0.39, 0.29) is 4.68 Å². The van der Waals surface area contributed by atoms with E-state index in [2.05, 4.69) is 16.0 Å². The van der Waals surface area contributed by atoms with Gasteiger partial charge in [0.15, 0.2) is 0 Å². The summed E-state index contributed by atoms with van der Waals surface area (Å²) < 4.78 is -0.126. The molecule has 5 nitrogen and oxygen atoms in total. The van der Waals surface area contributed by atoms with Crippen LogP contribution in [0.25, 0.3) is 0 Å². The molecular formula is C8H15N2O3S2Se. The predicted molar refractivity (Wildman–Crippen MR) is 68.5 cm³/mol. The Labute approximate surface area is 111 Å². The normalized spacial score (nSPS) is 14.4. The van der Waals surface area contributed by atoms with Crippen molar-refractivity contribution in [2.45, 2.75) is 24.9 Å². The Balaban J connectivity index is 3.34. The van der Waals surface area contributed by atoms with E-state index in [0.717, 1.165) is 5.75 Å². The van der Waals surface area contributed by atoms with Crippen LogP contribution in [0.5, 0.6) is 0 Å². The van der Waals surface area contributed by atoms with E-state index < -0.39 is 18.1 Å². The molecule has 0 aromatic rings. The van der Waals surface area contributed by atoms with Gasteiger partial charge in [0.05, 0.1) is 0 Å². The summed E-state index contributed by atoms with van der Waals surface area (Å²) in [7, 11) is 3.12. The van der Waals surface area contributed by atoms with Gasteiger partial charge in [-0.2, -0.15) is 0 Å². The van der Waals surface area contributed by atoms with Crippen molar-refractivity contribution < 1.29 is 14.7 Å². The number of aliphatic carboxylic acids is 1. The van der Waals surface area contributed by atoms with Crippen molar-refractivity contribution in [2.24, 2.45) is 11.5 Å². The van der Waals surface area contributed by atoms with Gasteiger partial charge in [0.1, 0.15) is 0 Å². The fourth-order valence-corrected chi connectivity index (χ4v) is 3.18. The third kappa shape index (κ3) is 8.43. The zero-order chi connectivity index (χ0) is 12.6. The van der Waals surface area contributed by atoms with Crippen molar-refractivity contribution in [3.05, 3.63) is 0 Å². The molecule has 0 amide bonds. The van der Waals surface area contributed by atoms with E-state index in [0.29, 0.717) is 18.6 Å². The monoisotopic (exact) mass is 331 g/mol. The van der Waals surface area contributed by atoms with E-state index in [1.165, 1.54) is 0 Å². The fraction of sp³-hybridized carbons (Fsp3) is 0.750. The molecule has 5 N–H and O–H groups in total. The van der Waals surface area contributed by atoms with Crippen LogP contribution in [0.15, 0.2) is 0 Å². The van der Waals surface area contributed by atoms with Gasteiger partial charge in [-0.25, -0.2) is 0 Å². The summed E-state index contributed by atoms with van der Waals surface area (Å²) in [5.74, 6) is 0.473. The summed E-state index contributed by atoms with van der Waals surface area (Å²) in [4.78, 5) is 21.1. The third-order valence-corrected chi connectivity index (χ3v) is 4.83. The first kappa shape index (κ1) is 16.3. The van der Waals surface area contributed by atoms with Crippen LogP contribution in [0.1, 0.15) is 12.8 Å². The zero-order valence-corrected chi connectivity index (χ0v) is 12.0. The second kappa shape index (κ2) is 9.32. The Morgan fingerprint density at radius 3 is 1.94 bits per heavy atom. The molecule has 0 aromatic heterocycles. The number of hydrogen-bond acceptors (Lipinski definition) is 6. The molecule has 8 heteroatoms. The van der Waals surface area contributed by atoms with Crippen LogP contribution in [-0.4, -0.2) is 55.4 Å². The van der Waals surface area contributed by atoms with E-state index in [1.807, 2.05) is 0 Å². The molecule has 0 rings (SSSR count). The van der Waals surface area contributed by atoms with Crippen molar-refractivity contribution in [3.8, 4) is 0 Å². The Morgan fingerprint density at radius 2 is 1.56 bits per heavy atom. The van der Waals surface area contributed by atoms with E-state index >= 15 is 0 Å². The van der Waals surface area contributed by atoms with Crippen LogP contribution in [0, 0.1) is 0 Å². The van der Waals surface area contributed by atoms with Gasteiger partial charge in [0.2, 0.25) is 0 Å². The topological polar surface area (TPSA) is 106 Å². The fourth-order valence-electron chi connectivity index (χ4n) is 0.709. The standard InChI is InChI=1S/C8H15N2O3S2Se/c9-5(7(11)12)1-3-14-15-4-2-6(10)8(13)16/h5-6H,1-4,9-10H2,(H,11,12)/t5-,6-/m0/s1. The Kier molecular flexibility index (Phi) is 9.49. The average Bonchev–Trinajstić information content (AvgIpc) is 2.21. The van der Waals surface area contributed by atoms with Crippen LogP contribution in [0.2, 0.25) is 0 Å². The number of rotatable bonds is 9. The summed E-state index contributed by atoms with van der Waals surface area (Å²) in [6.45, 7) is 0. The SMILES string of the molecule is N[C@@H](CCSSCC[C@H](N)C(=O)[Se])C(=O)O. The van der Waals surface area contributed by atoms with Gasteiger partial charge in [-0.05, 0) is 0 Å². The van der Waals surface area contributed by atoms with Gasteiger partial charge >= 0.3 is 111 Å². The molecule has 93 valence electrons. The first-order valence-corrected chi connectivity index (χ1v) is 7.99. The molecule has 0 heterocycles. The van der Waals surface area contributed by atoms with Gasteiger partial charge in [-0.15, -0.1) is 0 Å². The molecule has 0 bridgehead atoms. The predicted octanol–water partition coefficient (Wildman–Crippen LogP) is -0.418. The number of carboxylic acids is 1. The maximum absolute atomic E-state index is 10.7. The average molecular weight is 330 g/mol. The summed E-state index contributed by atoms with van der Waals surface area (Å²) in [5.41, 5.74) is 10.8. The summed E-state index contributed by atoms with van der Waals surface area (Å²) in [5, 5.41) is 8.52. The molecule has 0 spiro atoms. The Bertz CT molecular complexity index is 219. The number of carboxylic acid groups (broad SMARTS) is 1. The minimum absolute atomic E-state index is 0.126. The molecule has 16 heavy (non-hydrogen) atoms. The zero-order valence-electron chi connectivity index (χ0n) is 8.63. The number of carbonyl (C=O) groups excluding carboxylic acids is 1. The van der Waals surface area contributed by atoms with Crippen LogP contribution in [-0.2, 0) is 9.59 Å². The van der Waals surface area contributed by atoms with Gasteiger partial charge < -0.3 is 0 Å². The van der Waals surface area contributed by atoms with Crippen molar-refractivity contribution in [1.82, 2.24) is 0 Å². The summed E-state index contributed by atoms with van der Waals surface area (Å²) in [6, 6.07) is -1.23. The van der Waals surface area contributed by atoms with Crippen molar-refractivity contribution in [3.63, 3.8) is 0 Å². The van der Waals surface area contributed by atoms with Gasteiger partial charge in [0.25, 0.3) is 0 Å². The van der Waals surface area contributed by atoms with Gasteiger partial charge in [-0.1, -0.05) is 0 Å². The van der Waals surface area contributed by atoms with Crippen LogP contribution in [0.3, 0.4) is 0 Å². The second-order valence-corrected chi connectivity index (χ2v) is 6.64. The van der Waals surface area contributed by atoms with Crippen molar-refractivity contribution >= 4 is 48.3 Å². The van der Waals surface area contributed by atoms with Crippen molar-refractivity contribution in [2.75, 3.05) is 11.5 Å².